The maximum Gasteiger partial charge on any atom is 0.222 e. The SMILES string of the molecule is COc1ccc(N(C)c2nc(N)nc3ccsc23)cc1. The minimum atomic E-state index is 0.284. The molecule has 0 bridgehead atoms. The number of hydrogen-bond acceptors (Lipinski definition) is 6. The summed E-state index contributed by atoms with van der Waals surface area (Å²) in [5.74, 6) is 1.92. The summed E-state index contributed by atoms with van der Waals surface area (Å²) < 4.78 is 6.19. The van der Waals surface area contributed by atoms with Gasteiger partial charge in [0.15, 0.2) is 5.82 Å². The Morgan fingerprint density at radius 1 is 1.15 bits per heavy atom. The van der Waals surface area contributed by atoms with Gasteiger partial charge in [0.1, 0.15) is 5.75 Å². The van der Waals surface area contributed by atoms with E-state index in [0.29, 0.717) is 0 Å². The van der Waals surface area contributed by atoms with Gasteiger partial charge in [0.05, 0.1) is 17.3 Å². The molecule has 6 heteroatoms. The number of nitrogen functional groups attached to an aromatic ring is 1. The minimum absolute atomic E-state index is 0.284. The van der Waals surface area contributed by atoms with E-state index in [1.807, 2.05) is 47.7 Å². The molecule has 102 valence electrons. The normalized spacial score (nSPS) is 10.7. The van der Waals surface area contributed by atoms with E-state index >= 15 is 0 Å². The van der Waals surface area contributed by atoms with E-state index in [1.54, 1.807) is 18.4 Å². The maximum absolute atomic E-state index is 5.78. The Hall–Kier alpha value is -2.34. The van der Waals surface area contributed by atoms with Crippen LogP contribution in [0.4, 0.5) is 17.5 Å². The van der Waals surface area contributed by atoms with Gasteiger partial charge >= 0.3 is 0 Å². The molecule has 2 N–H and O–H groups in total. The van der Waals surface area contributed by atoms with Crippen LogP contribution in [0.5, 0.6) is 5.75 Å². The van der Waals surface area contributed by atoms with Gasteiger partial charge in [-0.15, -0.1) is 11.3 Å². The highest BCUT2D eigenvalue weighted by Gasteiger charge is 2.13. The molecule has 0 atom stereocenters. The molecule has 0 aliphatic carbocycles. The van der Waals surface area contributed by atoms with Crippen LogP contribution in [0.1, 0.15) is 0 Å². The zero-order valence-electron chi connectivity index (χ0n) is 11.2. The average molecular weight is 286 g/mol. The lowest BCUT2D eigenvalue weighted by atomic mass is 10.2. The lowest BCUT2D eigenvalue weighted by Crippen LogP contribution is -2.12. The molecule has 20 heavy (non-hydrogen) atoms. The molecule has 2 aromatic heterocycles. The van der Waals surface area contributed by atoms with Crippen molar-refractivity contribution in [3.8, 4) is 5.75 Å². The molecule has 0 saturated heterocycles. The van der Waals surface area contributed by atoms with Gasteiger partial charge in [0.2, 0.25) is 5.95 Å². The Labute approximate surface area is 120 Å². The van der Waals surface area contributed by atoms with Gasteiger partial charge in [0.25, 0.3) is 0 Å². The second-order valence-electron chi connectivity index (χ2n) is 4.30. The molecule has 0 saturated carbocycles. The Kier molecular flexibility index (Phi) is 3.15. The van der Waals surface area contributed by atoms with E-state index in [-0.39, 0.29) is 5.95 Å². The third-order valence-electron chi connectivity index (χ3n) is 3.08. The summed E-state index contributed by atoms with van der Waals surface area (Å²) in [7, 11) is 3.61. The number of methoxy groups -OCH3 is 1. The highest BCUT2D eigenvalue weighted by Crippen LogP contribution is 2.33. The quantitative estimate of drug-likeness (QED) is 0.801. The second kappa shape index (κ2) is 4.97. The number of benzene rings is 1. The van der Waals surface area contributed by atoms with Crippen molar-refractivity contribution in [1.82, 2.24) is 9.97 Å². The van der Waals surface area contributed by atoms with E-state index in [1.165, 1.54) is 0 Å². The third-order valence-corrected chi connectivity index (χ3v) is 3.98. The number of thiophene rings is 1. The van der Waals surface area contributed by atoms with Crippen molar-refractivity contribution in [2.45, 2.75) is 0 Å². The summed E-state index contributed by atoms with van der Waals surface area (Å²) in [6.07, 6.45) is 0. The lowest BCUT2D eigenvalue weighted by molar-refractivity contribution is 0.415. The fraction of sp³-hybridized carbons (Fsp3) is 0.143. The third kappa shape index (κ3) is 2.14. The van der Waals surface area contributed by atoms with E-state index in [2.05, 4.69) is 9.97 Å². The van der Waals surface area contributed by atoms with Crippen molar-refractivity contribution >= 4 is 39.0 Å². The monoisotopic (exact) mass is 286 g/mol. The number of ether oxygens (including phenoxy) is 1. The van der Waals surface area contributed by atoms with Crippen LogP contribution in [-0.4, -0.2) is 24.1 Å². The van der Waals surface area contributed by atoms with Gasteiger partial charge in [-0.2, -0.15) is 4.98 Å². The van der Waals surface area contributed by atoms with Crippen LogP contribution >= 0.6 is 11.3 Å². The Balaban J connectivity index is 2.06. The summed E-state index contributed by atoms with van der Waals surface area (Å²) in [5, 5.41) is 1.99. The zero-order chi connectivity index (χ0) is 14.1. The van der Waals surface area contributed by atoms with E-state index in [0.717, 1.165) is 27.5 Å². The second-order valence-corrected chi connectivity index (χ2v) is 5.21. The number of hydrogen-bond donors (Lipinski definition) is 1. The summed E-state index contributed by atoms with van der Waals surface area (Å²) in [6, 6.07) is 9.75. The van der Waals surface area contributed by atoms with Gasteiger partial charge in [-0.05, 0) is 35.7 Å². The predicted octanol–water partition coefficient (Wildman–Crippen LogP) is 3.05. The fourth-order valence-electron chi connectivity index (χ4n) is 2.02. The fourth-order valence-corrected chi connectivity index (χ4v) is 2.88. The number of nitrogens with zero attached hydrogens (tertiary/aromatic N) is 3. The molecule has 0 amide bonds. The number of fused-ring (bicyclic) bond motifs is 1. The molecular weight excluding hydrogens is 272 g/mol. The first kappa shape index (κ1) is 12.7. The lowest BCUT2D eigenvalue weighted by Gasteiger charge is -2.19. The number of aromatic nitrogens is 2. The van der Waals surface area contributed by atoms with E-state index in [9.17, 15) is 0 Å². The molecule has 0 aliphatic rings. The largest absolute Gasteiger partial charge is 0.497 e. The highest BCUT2D eigenvalue weighted by molar-refractivity contribution is 7.17. The Morgan fingerprint density at radius 2 is 1.90 bits per heavy atom. The minimum Gasteiger partial charge on any atom is -0.497 e. The molecular formula is C14H14N4OS. The van der Waals surface area contributed by atoms with Crippen molar-refractivity contribution in [3.63, 3.8) is 0 Å². The van der Waals surface area contributed by atoms with Gasteiger partial charge in [-0.1, -0.05) is 0 Å². The van der Waals surface area contributed by atoms with Crippen LogP contribution in [-0.2, 0) is 0 Å². The average Bonchev–Trinajstić information content (AvgIpc) is 2.94. The molecule has 3 rings (SSSR count). The first-order valence-electron chi connectivity index (χ1n) is 6.07. The van der Waals surface area contributed by atoms with E-state index in [4.69, 9.17) is 10.5 Å². The highest BCUT2D eigenvalue weighted by atomic mass is 32.1. The molecule has 0 aliphatic heterocycles. The first-order chi connectivity index (χ1) is 9.69. The van der Waals surface area contributed by atoms with Gasteiger partial charge in [0, 0.05) is 12.7 Å². The van der Waals surface area contributed by atoms with Crippen molar-refractivity contribution in [1.29, 1.82) is 0 Å². The van der Waals surface area contributed by atoms with Crippen molar-refractivity contribution < 1.29 is 4.74 Å². The topological polar surface area (TPSA) is 64.3 Å². The van der Waals surface area contributed by atoms with Crippen LogP contribution in [0, 0.1) is 0 Å². The Morgan fingerprint density at radius 3 is 2.60 bits per heavy atom. The van der Waals surface area contributed by atoms with Crippen molar-refractivity contribution in [2.75, 3.05) is 24.8 Å². The standard InChI is InChI=1S/C14H14N4OS/c1-18(9-3-5-10(19-2)6-4-9)13-12-11(7-8-20-12)16-14(15)17-13/h3-8H,1-2H3,(H2,15,16,17). The molecule has 0 radical (unpaired) electrons. The Bertz CT molecular complexity index is 739. The molecule has 0 unspecified atom stereocenters. The van der Waals surface area contributed by atoms with E-state index < -0.39 is 0 Å². The summed E-state index contributed by atoms with van der Waals surface area (Å²) >= 11 is 1.61. The summed E-state index contributed by atoms with van der Waals surface area (Å²) in [5.41, 5.74) is 7.67. The van der Waals surface area contributed by atoms with Crippen LogP contribution < -0.4 is 15.4 Å². The molecule has 0 fully saturated rings. The smallest absolute Gasteiger partial charge is 0.222 e. The van der Waals surface area contributed by atoms with Gasteiger partial charge in [-0.3, -0.25) is 0 Å². The number of rotatable bonds is 3. The first-order valence-corrected chi connectivity index (χ1v) is 6.95. The number of nitrogens with two attached hydrogens (primary N) is 1. The maximum atomic E-state index is 5.78. The summed E-state index contributed by atoms with van der Waals surface area (Å²) in [4.78, 5) is 10.6. The summed E-state index contributed by atoms with van der Waals surface area (Å²) in [6.45, 7) is 0. The van der Waals surface area contributed by atoms with Crippen LogP contribution in [0.2, 0.25) is 0 Å². The number of anilines is 3. The molecule has 3 aromatic rings. The molecule has 1 aromatic carbocycles. The molecule has 5 nitrogen and oxygen atoms in total. The van der Waals surface area contributed by atoms with Crippen molar-refractivity contribution in [2.24, 2.45) is 0 Å². The van der Waals surface area contributed by atoms with Gasteiger partial charge < -0.3 is 15.4 Å². The van der Waals surface area contributed by atoms with Crippen LogP contribution in [0.3, 0.4) is 0 Å². The predicted molar refractivity (Wildman–Crippen MR) is 82.9 cm³/mol. The zero-order valence-corrected chi connectivity index (χ0v) is 12.0. The van der Waals surface area contributed by atoms with Crippen molar-refractivity contribution in [3.05, 3.63) is 35.7 Å². The van der Waals surface area contributed by atoms with Crippen LogP contribution in [0.25, 0.3) is 10.2 Å². The molecule has 0 spiro atoms. The van der Waals surface area contributed by atoms with Crippen LogP contribution in [0.15, 0.2) is 35.7 Å². The molecule has 2 heterocycles. The van der Waals surface area contributed by atoms with Gasteiger partial charge in [-0.25, -0.2) is 4.98 Å².